The van der Waals surface area contributed by atoms with E-state index in [2.05, 4.69) is 6.58 Å². The van der Waals surface area contributed by atoms with Crippen LogP contribution in [0.3, 0.4) is 0 Å². The SMILES string of the molecule is C=C(CN(C)C)OC(C)(C)C. The summed E-state index contributed by atoms with van der Waals surface area (Å²) in [5.41, 5.74) is -0.118. The summed E-state index contributed by atoms with van der Waals surface area (Å²) in [7, 11) is 3.99. The van der Waals surface area contributed by atoms with Crippen molar-refractivity contribution in [3.05, 3.63) is 12.3 Å². The van der Waals surface area contributed by atoms with Crippen molar-refractivity contribution < 1.29 is 4.74 Å². The summed E-state index contributed by atoms with van der Waals surface area (Å²) < 4.78 is 5.51. The van der Waals surface area contributed by atoms with Crippen molar-refractivity contribution in [1.29, 1.82) is 0 Å². The maximum atomic E-state index is 5.51. The van der Waals surface area contributed by atoms with Crippen molar-refractivity contribution in [3.8, 4) is 0 Å². The van der Waals surface area contributed by atoms with Gasteiger partial charge in [-0.15, -0.1) is 0 Å². The fourth-order valence-corrected chi connectivity index (χ4v) is 0.818. The Morgan fingerprint density at radius 1 is 1.36 bits per heavy atom. The molecule has 11 heavy (non-hydrogen) atoms. The number of hydrogen-bond acceptors (Lipinski definition) is 2. The van der Waals surface area contributed by atoms with Gasteiger partial charge in [-0.05, 0) is 34.9 Å². The number of nitrogens with zero attached hydrogens (tertiary/aromatic N) is 1. The molecule has 0 unspecified atom stereocenters. The van der Waals surface area contributed by atoms with Gasteiger partial charge in [-0.2, -0.15) is 0 Å². The fourth-order valence-electron chi connectivity index (χ4n) is 0.818. The molecule has 0 aliphatic heterocycles. The number of hydrogen-bond donors (Lipinski definition) is 0. The van der Waals surface area contributed by atoms with Crippen LogP contribution in [0.25, 0.3) is 0 Å². The molecule has 0 atom stereocenters. The Hall–Kier alpha value is -0.500. The van der Waals surface area contributed by atoms with E-state index in [1.165, 1.54) is 0 Å². The van der Waals surface area contributed by atoms with Crippen molar-refractivity contribution in [1.82, 2.24) is 4.90 Å². The molecule has 0 radical (unpaired) electrons. The Bertz CT molecular complexity index is 133. The molecule has 0 amide bonds. The van der Waals surface area contributed by atoms with Gasteiger partial charge in [-0.3, -0.25) is 0 Å². The average molecular weight is 157 g/mol. The zero-order chi connectivity index (χ0) is 9.07. The van der Waals surface area contributed by atoms with Gasteiger partial charge in [0, 0.05) is 0 Å². The van der Waals surface area contributed by atoms with Crippen LogP contribution in [0.15, 0.2) is 12.3 Å². The van der Waals surface area contributed by atoms with E-state index < -0.39 is 0 Å². The predicted octanol–water partition coefficient (Wildman–Crippen LogP) is 1.88. The molecular weight excluding hydrogens is 138 g/mol. The minimum atomic E-state index is -0.118. The summed E-state index contributed by atoms with van der Waals surface area (Å²) in [4.78, 5) is 2.04. The van der Waals surface area contributed by atoms with E-state index in [0.717, 1.165) is 12.3 Å². The smallest absolute Gasteiger partial charge is 0.104 e. The lowest BCUT2D eigenvalue weighted by atomic mass is 10.2. The molecule has 0 saturated carbocycles. The van der Waals surface area contributed by atoms with E-state index in [9.17, 15) is 0 Å². The average Bonchev–Trinajstić information content (AvgIpc) is 1.53. The van der Waals surface area contributed by atoms with Crippen LogP contribution in [0.2, 0.25) is 0 Å². The highest BCUT2D eigenvalue weighted by Gasteiger charge is 2.12. The topological polar surface area (TPSA) is 12.5 Å². The van der Waals surface area contributed by atoms with Gasteiger partial charge in [0.25, 0.3) is 0 Å². The molecule has 2 nitrogen and oxygen atoms in total. The van der Waals surface area contributed by atoms with E-state index >= 15 is 0 Å². The summed E-state index contributed by atoms with van der Waals surface area (Å²) >= 11 is 0. The van der Waals surface area contributed by atoms with Gasteiger partial charge >= 0.3 is 0 Å². The third-order valence-corrected chi connectivity index (χ3v) is 0.943. The van der Waals surface area contributed by atoms with Gasteiger partial charge in [0.05, 0.1) is 6.54 Å². The third kappa shape index (κ3) is 7.40. The predicted molar refractivity (Wildman–Crippen MR) is 48.5 cm³/mol. The third-order valence-electron chi connectivity index (χ3n) is 0.943. The minimum Gasteiger partial charge on any atom is -0.492 e. The molecular formula is C9H19NO. The molecule has 0 bridgehead atoms. The Kier molecular flexibility index (Phi) is 3.59. The first kappa shape index (κ1) is 10.5. The van der Waals surface area contributed by atoms with Crippen molar-refractivity contribution in [2.24, 2.45) is 0 Å². The molecule has 0 heterocycles. The molecule has 0 rings (SSSR count). The molecule has 2 heteroatoms. The Labute approximate surface area is 69.8 Å². The van der Waals surface area contributed by atoms with E-state index in [1.54, 1.807) is 0 Å². The van der Waals surface area contributed by atoms with E-state index in [4.69, 9.17) is 4.74 Å². The Morgan fingerprint density at radius 2 is 1.82 bits per heavy atom. The maximum absolute atomic E-state index is 5.51. The van der Waals surface area contributed by atoms with Crippen molar-refractivity contribution in [3.63, 3.8) is 0 Å². The second-order valence-electron chi connectivity index (χ2n) is 3.99. The van der Waals surface area contributed by atoms with E-state index in [1.807, 2.05) is 39.8 Å². The summed E-state index contributed by atoms with van der Waals surface area (Å²) in [6.45, 7) is 10.7. The molecule has 0 spiro atoms. The Balaban J connectivity index is 3.71. The van der Waals surface area contributed by atoms with Gasteiger partial charge in [0.15, 0.2) is 0 Å². The monoisotopic (exact) mass is 157 g/mol. The highest BCUT2D eigenvalue weighted by Crippen LogP contribution is 2.11. The van der Waals surface area contributed by atoms with Crippen LogP contribution in [-0.2, 0) is 4.74 Å². The van der Waals surface area contributed by atoms with E-state index in [-0.39, 0.29) is 5.60 Å². The second-order valence-corrected chi connectivity index (χ2v) is 3.99. The lowest BCUT2D eigenvalue weighted by molar-refractivity contribution is 0.0437. The first-order valence-corrected chi connectivity index (χ1v) is 3.83. The zero-order valence-corrected chi connectivity index (χ0v) is 8.27. The first-order chi connectivity index (χ1) is 4.81. The van der Waals surface area contributed by atoms with Gasteiger partial charge in [0.2, 0.25) is 0 Å². The van der Waals surface area contributed by atoms with Crippen LogP contribution in [0.4, 0.5) is 0 Å². The van der Waals surface area contributed by atoms with Gasteiger partial charge in [-0.25, -0.2) is 0 Å². The molecule has 0 aliphatic rings. The van der Waals surface area contributed by atoms with Crippen molar-refractivity contribution in [2.45, 2.75) is 26.4 Å². The Morgan fingerprint density at radius 3 is 2.09 bits per heavy atom. The largest absolute Gasteiger partial charge is 0.492 e. The quantitative estimate of drug-likeness (QED) is 0.580. The van der Waals surface area contributed by atoms with Crippen LogP contribution in [-0.4, -0.2) is 31.1 Å². The van der Waals surface area contributed by atoms with Gasteiger partial charge in [0.1, 0.15) is 11.4 Å². The molecule has 0 aliphatic carbocycles. The molecule has 0 saturated heterocycles. The van der Waals surface area contributed by atoms with Crippen LogP contribution < -0.4 is 0 Å². The normalized spacial score (nSPS) is 11.8. The van der Waals surface area contributed by atoms with Crippen LogP contribution in [0, 0.1) is 0 Å². The zero-order valence-electron chi connectivity index (χ0n) is 8.27. The van der Waals surface area contributed by atoms with Crippen molar-refractivity contribution >= 4 is 0 Å². The standard InChI is InChI=1S/C9H19NO/c1-8(7-10(5)6)11-9(2,3)4/h1,7H2,2-6H3. The maximum Gasteiger partial charge on any atom is 0.104 e. The number of likely N-dealkylation sites (N-methyl/N-ethyl adjacent to an activating group) is 1. The lowest BCUT2D eigenvalue weighted by Crippen LogP contribution is -2.24. The second kappa shape index (κ2) is 3.77. The summed E-state index contributed by atoms with van der Waals surface area (Å²) in [6.07, 6.45) is 0. The summed E-state index contributed by atoms with van der Waals surface area (Å²) in [5.74, 6) is 0.822. The van der Waals surface area contributed by atoms with Gasteiger partial charge < -0.3 is 9.64 Å². The van der Waals surface area contributed by atoms with Crippen LogP contribution in [0.5, 0.6) is 0 Å². The summed E-state index contributed by atoms with van der Waals surface area (Å²) in [6, 6.07) is 0. The highest BCUT2D eigenvalue weighted by atomic mass is 16.5. The van der Waals surface area contributed by atoms with Crippen LogP contribution in [0.1, 0.15) is 20.8 Å². The molecule has 0 N–H and O–H groups in total. The minimum absolute atomic E-state index is 0.118. The molecule has 0 aromatic carbocycles. The van der Waals surface area contributed by atoms with Gasteiger partial charge in [-0.1, -0.05) is 6.58 Å². The fraction of sp³-hybridized carbons (Fsp3) is 0.778. The van der Waals surface area contributed by atoms with Crippen LogP contribution >= 0.6 is 0 Å². The van der Waals surface area contributed by atoms with E-state index in [0.29, 0.717) is 0 Å². The first-order valence-electron chi connectivity index (χ1n) is 3.83. The molecule has 66 valence electrons. The number of rotatable bonds is 3. The lowest BCUT2D eigenvalue weighted by Gasteiger charge is -2.24. The molecule has 0 fully saturated rings. The van der Waals surface area contributed by atoms with Crippen molar-refractivity contribution in [2.75, 3.05) is 20.6 Å². The summed E-state index contributed by atoms with van der Waals surface area (Å²) in [5, 5.41) is 0. The molecule has 0 aromatic rings. The number of ether oxygens (including phenoxy) is 1. The molecule has 0 aromatic heterocycles. The highest BCUT2D eigenvalue weighted by molar-refractivity contribution is 4.88.